The van der Waals surface area contributed by atoms with E-state index >= 15 is 0 Å². The Kier molecular flexibility index (Phi) is 3.24. The van der Waals surface area contributed by atoms with Crippen LogP contribution in [-0.2, 0) is 4.79 Å². The van der Waals surface area contributed by atoms with Gasteiger partial charge in [-0.2, -0.15) is 13.2 Å². The summed E-state index contributed by atoms with van der Waals surface area (Å²) in [7, 11) is 0. The number of rotatable bonds is 1. The summed E-state index contributed by atoms with van der Waals surface area (Å²) in [6, 6.07) is -0.758. The van der Waals surface area contributed by atoms with Crippen molar-refractivity contribution in [2.75, 3.05) is 6.54 Å². The number of carbonyl (C=O) groups is 1. The molecular weight excluding hydrogens is 221 g/mol. The van der Waals surface area contributed by atoms with Crippen LogP contribution in [0.15, 0.2) is 0 Å². The van der Waals surface area contributed by atoms with Crippen molar-refractivity contribution in [1.29, 1.82) is 0 Å². The highest BCUT2D eigenvalue weighted by Gasteiger charge is 2.56. The Bertz CT molecular complexity index is 286. The molecule has 1 rings (SSSR count). The van der Waals surface area contributed by atoms with Crippen molar-refractivity contribution >= 4 is 5.91 Å². The first-order valence-electron chi connectivity index (χ1n) is 5.22. The number of likely N-dealkylation sites (tertiary alicyclic amines) is 1. The Labute approximate surface area is 92.8 Å². The lowest BCUT2D eigenvalue weighted by Crippen LogP contribution is -2.53. The topological polar surface area (TPSA) is 46.3 Å². The lowest BCUT2D eigenvalue weighted by Gasteiger charge is -2.37. The second kappa shape index (κ2) is 3.91. The minimum absolute atomic E-state index is 0.0467. The molecule has 2 N–H and O–H groups in total. The predicted molar refractivity (Wildman–Crippen MR) is 53.6 cm³/mol. The third kappa shape index (κ3) is 2.16. The third-order valence-corrected chi connectivity index (χ3v) is 3.24. The molecule has 2 atom stereocenters. The van der Waals surface area contributed by atoms with Gasteiger partial charge in [-0.1, -0.05) is 0 Å². The van der Waals surface area contributed by atoms with E-state index in [2.05, 4.69) is 0 Å². The molecule has 3 nitrogen and oxygen atoms in total. The van der Waals surface area contributed by atoms with Crippen molar-refractivity contribution in [1.82, 2.24) is 4.90 Å². The number of nitrogens with two attached hydrogens (primary N) is 1. The fourth-order valence-corrected chi connectivity index (χ4v) is 2.29. The molecule has 0 radical (unpaired) electrons. The molecule has 0 aromatic carbocycles. The first-order chi connectivity index (χ1) is 7.08. The van der Waals surface area contributed by atoms with Gasteiger partial charge < -0.3 is 10.6 Å². The number of hydrogen-bond acceptors (Lipinski definition) is 2. The van der Waals surface area contributed by atoms with Crippen LogP contribution >= 0.6 is 0 Å². The van der Waals surface area contributed by atoms with Gasteiger partial charge in [-0.15, -0.1) is 0 Å². The van der Waals surface area contributed by atoms with Crippen molar-refractivity contribution in [3.05, 3.63) is 0 Å². The SMILES string of the molecule is CC(N)C(=O)N1CCC(C(F)(F)F)C1(C)C. The smallest absolute Gasteiger partial charge is 0.336 e. The maximum absolute atomic E-state index is 12.7. The van der Waals surface area contributed by atoms with Crippen LogP contribution in [0.1, 0.15) is 27.2 Å². The zero-order valence-electron chi connectivity index (χ0n) is 9.64. The normalized spacial score (nSPS) is 26.9. The number of halogens is 3. The van der Waals surface area contributed by atoms with E-state index in [0.29, 0.717) is 0 Å². The predicted octanol–water partition coefficient (Wildman–Crippen LogP) is 1.52. The third-order valence-electron chi connectivity index (χ3n) is 3.24. The second-order valence-corrected chi connectivity index (χ2v) is 4.82. The van der Waals surface area contributed by atoms with Crippen LogP contribution in [0.25, 0.3) is 0 Å². The second-order valence-electron chi connectivity index (χ2n) is 4.82. The van der Waals surface area contributed by atoms with E-state index in [4.69, 9.17) is 5.73 Å². The van der Waals surface area contributed by atoms with Crippen molar-refractivity contribution in [2.24, 2.45) is 11.7 Å². The van der Waals surface area contributed by atoms with E-state index < -0.39 is 29.6 Å². The Balaban J connectivity index is 2.92. The Morgan fingerprint density at radius 2 is 2.00 bits per heavy atom. The molecule has 1 fully saturated rings. The molecule has 6 heteroatoms. The van der Waals surface area contributed by atoms with E-state index in [-0.39, 0.29) is 13.0 Å². The van der Waals surface area contributed by atoms with Crippen molar-refractivity contribution in [3.63, 3.8) is 0 Å². The Hall–Kier alpha value is -0.780. The van der Waals surface area contributed by atoms with E-state index in [9.17, 15) is 18.0 Å². The molecule has 0 aromatic heterocycles. The van der Waals surface area contributed by atoms with Gasteiger partial charge in [-0.25, -0.2) is 0 Å². The van der Waals surface area contributed by atoms with Crippen molar-refractivity contribution in [3.8, 4) is 0 Å². The van der Waals surface area contributed by atoms with Gasteiger partial charge in [0.1, 0.15) is 0 Å². The molecule has 0 saturated carbocycles. The number of amides is 1. The highest BCUT2D eigenvalue weighted by molar-refractivity contribution is 5.82. The molecule has 0 spiro atoms. The summed E-state index contributed by atoms with van der Waals surface area (Å²) in [6.45, 7) is 4.49. The first kappa shape index (κ1) is 13.3. The maximum Gasteiger partial charge on any atom is 0.394 e. The van der Waals surface area contributed by atoms with Crippen LogP contribution in [0.4, 0.5) is 13.2 Å². The minimum atomic E-state index is -4.27. The quantitative estimate of drug-likeness (QED) is 0.753. The summed E-state index contributed by atoms with van der Waals surface area (Å²) in [5, 5.41) is 0. The molecular formula is C10H17F3N2O. The average molecular weight is 238 g/mol. The first-order valence-corrected chi connectivity index (χ1v) is 5.22. The van der Waals surface area contributed by atoms with Crippen LogP contribution in [0.3, 0.4) is 0 Å². The molecule has 1 saturated heterocycles. The minimum Gasteiger partial charge on any atom is -0.336 e. The maximum atomic E-state index is 12.7. The number of nitrogens with zero attached hydrogens (tertiary/aromatic N) is 1. The average Bonchev–Trinajstić information content (AvgIpc) is 2.38. The van der Waals surface area contributed by atoms with Crippen molar-refractivity contribution in [2.45, 2.75) is 44.9 Å². The van der Waals surface area contributed by atoms with Crippen LogP contribution in [0.2, 0.25) is 0 Å². The van der Waals surface area contributed by atoms with Gasteiger partial charge in [-0.3, -0.25) is 4.79 Å². The summed E-state index contributed by atoms with van der Waals surface area (Å²) in [4.78, 5) is 12.9. The van der Waals surface area contributed by atoms with E-state index in [1.165, 1.54) is 25.7 Å². The zero-order valence-corrected chi connectivity index (χ0v) is 9.64. The van der Waals surface area contributed by atoms with E-state index in [1.54, 1.807) is 0 Å². The van der Waals surface area contributed by atoms with Crippen LogP contribution < -0.4 is 5.73 Å². The molecule has 0 aromatic rings. The molecule has 2 unspecified atom stereocenters. The standard InChI is InChI=1S/C10H17F3N2O/c1-6(14)8(16)15-5-4-7(9(15,2)3)10(11,12)13/h6-7H,4-5,14H2,1-3H3. The summed E-state index contributed by atoms with van der Waals surface area (Å²) in [6.07, 6.45) is -4.31. The van der Waals surface area contributed by atoms with Gasteiger partial charge in [0.2, 0.25) is 5.91 Å². The van der Waals surface area contributed by atoms with E-state index in [0.717, 1.165) is 0 Å². The van der Waals surface area contributed by atoms with Gasteiger partial charge in [0.25, 0.3) is 0 Å². The molecule has 0 aliphatic carbocycles. The summed E-state index contributed by atoms with van der Waals surface area (Å²) in [5.74, 6) is -1.89. The summed E-state index contributed by atoms with van der Waals surface area (Å²) in [5.41, 5.74) is 4.21. The zero-order chi connectivity index (χ0) is 12.7. The van der Waals surface area contributed by atoms with Gasteiger partial charge in [0, 0.05) is 12.1 Å². The molecule has 1 heterocycles. The lowest BCUT2D eigenvalue weighted by molar-refractivity contribution is -0.192. The van der Waals surface area contributed by atoms with Gasteiger partial charge in [0.15, 0.2) is 0 Å². The fraction of sp³-hybridized carbons (Fsp3) is 0.900. The van der Waals surface area contributed by atoms with Gasteiger partial charge in [0.05, 0.1) is 12.0 Å². The molecule has 94 valence electrons. The monoisotopic (exact) mass is 238 g/mol. The molecule has 1 aliphatic heterocycles. The van der Waals surface area contributed by atoms with E-state index in [1.807, 2.05) is 0 Å². The Morgan fingerprint density at radius 1 is 1.50 bits per heavy atom. The molecule has 1 amide bonds. The lowest BCUT2D eigenvalue weighted by atomic mass is 9.87. The highest BCUT2D eigenvalue weighted by atomic mass is 19.4. The molecule has 0 bridgehead atoms. The highest BCUT2D eigenvalue weighted by Crippen LogP contribution is 2.44. The summed E-state index contributed by atoms with van der Waals surface area (Å²) >= 11 is 0. The van der Waals surface area contributed by atoms with Crippen molar-refractivity contribution < 1.29 is 18.0 Å². The molecule has 1 aliphatic rings. The number of hydrogen-bond donors (Lipinski definition) is 1. The summed E-state index contributed by atoms with van der Waals surface area (Å²) < 4.78 is 38.2. The van der Waals surface area contributed by atoms with Gasteiger partial charge in [-0.05, 0) is 27.2 Å². The number of carbonyl (C=O) groups excluding carboxylic acids is 1. The molecule has 16 heavy (non-hydrogen) atoms. The fourth-order valence-electron chi connectivity index (χ4n) is 2.29. The largest absolute Gasteiger partial charge is 0.394 e. The van der Waals surface area contributed by atoms with Crippen LogP contribution in [0, 0.1) is 5.92 Å². The van der Waals surface area contributed by atoms with Crippen LogP contribution in [-0.4, -0.2) is 35.1 Å². The Morgan fingerprint density at radius 3 is 2.31 bits per heavy atom. The van der Waals surface area contributed by atoms with Crippen LogP contribution in [0.5, 0.6) is 0 Å². The van der Waals surface area contributed by atoms with Gasteiger partial charge >= 0.3 is 6.18 Å². The number of alkyl halides is 3.